The highest BCUT2D eigenvalue weighted by atomic mass is 79.9. The number of ketones is 1. The van der Waals surface area contributed by atoms with Crippen molar-refractivity contribution in [2.24, 2.45) is 5.73 Å². The highest BCUT2D eigenvalue weighted by Gasteiger charge is 2.17. The van der Waals surface area contributed by atoms with Crippen LogP contribution in [-0.2, 0) is 11.2 Å². The predicted octanol–water partition coefficient (Wildman–Crippen LogP) is 3.40. The zero-order valence-electron chi connectivity index (χ0n) is 10.1. The summed E-state index contributed by atoms with van der Waals surface area (Å²) in [6, 6.07) is 13.1. The molecular formula is C15H13BrFNO. The molecule has 1 atom stereocenters. The lowest BCUT2D eigenvalue weighted by molar-refractivity contribution is -0.119. The van der Waals surface area contributed by atoms with Crippen molar-refractivity contribution in [2.75, 3.05) is 0 Å². The summed E-state index contributed by atoms with van der Waals surface area (Å²) in [6.07, 6.45) is 0.106. The van der Waals surface area contributed by atoms with E-state index in [2.05, 4.69) is 15.9 Å². The Morgan fingerprint density at radius 1 is 1.16 bits per heavy atom. The van der Waals surface area contributed by atoms with Crippen LogP contribution >= 0.6 is 15.9 Å². The number of hydrogen-bond acceptors (Lipinski definition) is 2. The van der Waals surface area contributed by atoms with Crippen LogP contribution in [0.5, 0.6) is 0 Å². The number of carbonyl (C=O) groups is 1. The van der Waals surface area contributed by atoms with Crippen molar-refractivity contribution < 1.29 is 9.18 Å². The first kappa shape index (κ1) is 13.9. The van der Waals surface area contributed by atoms with Gasteiger partial charge in [0.25, 0.3) is 0 Å². The summed E-state index contributed by atoms with van der Waals surface area (Å²) in [4.78, 5) is 12.1. The second-order valence-electron chi connectivity index (χ2n) is 4.24. The van der Waals surface area contributed by atoms with Gasteiger partial charge in [-0.25, -0.2) is 4.39 Å². The van der Waals surface area contributed by atoms with E-state index in [0.717, 1.165) is 5.56 Å². The van der Waals surface area contributed by atoms with Crippen molar-refractivity contribution in [3.8, 4) is 0 Å². The molecule has 0 saturated carbocycles. The number of hydrogen-bond donors (Lipinski definition) is 1. The van der Waals surface area contributed by atoms with E-state index < -0.39 is 6.04 Å². The molecule has 2 nitrogen and oxygen atoms in total. The van der Waals surface area contributed by atoms with E-state index in [1.54, 1.807) is 12.1 Å². The maximum Gasteiger partial charge on any atom is 0.158 e. The zero-order chi connectivity index (χ0) is 13.8. The van der Waals surface area contributed by atoms with E-state index in [9.17, 15) is 9.18 Å². The van der Waals surface area contributed by atoms with Crippen LogP contribution < -0.4 is 5.73 Å². The van der Waals surface area contributed by atoms with Gasteiger partial charge >= 0.3 is 0 Å². The molecule has 0 aliphatic heterocycles. The van der Waals surface area contributed by atoms with Crippen LogP contribution in [0.15, 0.2) is 53.0 Å². The fourth-order valence-corrected chi connectivity index (χ4v) is 2.23. The van der Waals surface area contributed by atoms with E-state index in [4.69, 9.17) is 5.73 Å². The maximum absolute atomic E-state index is 13.4. The van der Waals surface area contributed by atoms with Gasteiger partial charge in [-0.3, -0.25) is 4.79 Å². The molecule has 0 bridgehead atoms. The summed E-state index contributed by atoms with van der Waals surface area (Å²) >= 11 is 3.15. The van der Waals surface area contributed by atoms with Crippen LogP contribution in [0.25, 0.3) is 0 Å². The number of halogens is 2. The van der Waals surface area contributed by atoms with Gasteiger partial charge < -0.3 is 5.73 Å². The molecule has 19 heavy (non-hydrogen) atoms. The largest absolute Gasteiger partial charge is 0.318 e. The Balaban J connectivity index is 2.15. The molecule has 4 heteroatoms. The molecule has 0 amide bonds. The van der Waals surface area contributed by atoms with E-state index in [0.29, 0.717) is 10.0 Å². The first-order valence-electron chi connectivity index (χ1n) is 5.85. The highest BCUT2D eigenvalue weighted by molar-refractivity contribution is 9.10. The fraction of sp³-hybridized carbons (Fsp3) is 0.133. The summed E-state index contributed by atoms with van der Waals surface area (Å²) in [5, 5.41) is 0. The van der Waals surface area contributed by atoms with E-state index in [1.165, 1.54) is 6.07 Å². The summed E-state index contributed by atoms with van der Waals surface area (Å²) in [7, 11) is 0. The van der Waals surface area contributed by atoms with Crippen LogP contribution in [-0.4, -0.2) is 5.78 Å². The molecule has 2 N–H and O–H groups in total. The standard InChI is InChI=1S/C15H13BrFNO/c16-14-11(7-4-8-12(14)17)9-13(19)15(18)10-5-2-1-3-6-10/h1-8,15H,9,18H2. The van der Waals surface area contributed by atoms with Gasteiger partial charge in [0.1, 0.15) is 5.82 Å². The second-order valence-corrected chi connectivity index (χ2v) is 5.04. The van der Waals surface area contributed by atoms with Crippen molar-refractivity contribution in [1.29, 1.82) is 0 Å². The van der Waals surface area contributed by atoms with Gasteiger partial charge in [0.15, 0.2) is 5.78 Å². The van der Waals surface area contributed by atoms with Crippen LogP contribution in [0.3, 0.4) is 0 Å². The van der Waals surface area contributed by atoms with Gasteiger partial charge in [-0.1, -0.05) is 42.5 Å². The minimum atomic E-state index is -0.684. The molecule has 2 aromatic carbocycles. The van der Waals surface area contributed by atoms with Crippen molar-refractivity contribution in [3.63, 3.8) is 0 Å². The third-order valence-corrected chi connectivity index (χ3v) is 3.79. The van der Waals surface area contributed by atoms with Crippen molar-refractivity contribution in [2.45, 2.75) is 12.5 Å². The van der Waals surface area contributed by atoms with E-state index in [1.807, 2.05) is 30.3 Å². The van der Waals surface area contributed by atoms with Crippen LogP contribution in [0.1, 0.15) is 17.2 Å². The van der Waals surface area contributed by atoms with Crippen LogP contribution in [0, 0.1) is 5.82 Å². The van der Waals surface area contributed by atoms with Gasteiger partial charge in [0.2, 0.25) is 0 Å². The first-order valence-corrected chi connectivity index (χ1v) is 6.65. The average Bonchev–Trinajstić information content (AvgIpc) is 2.44. The van der Waals surface area contributed by atoms with E-state index in [-0.39, 0.29) is 18.0 Å². The van der Waals surface area contributed by atoms with Gasteiger partial charge in [-0.15, -0.1) is 0 Å². The highest BCUT2D eigenvalue weighted by Crippen LogP contribution is 2.22. The van der Waals surface area contributed by atoms with Gasteiger partial charge in [0, 0.05) is 6.42 Å². The molecule has 0 fully saturated rings. The summed E-state index contributed by atoms with van der Waals surface area (Å²) in [6.45, 7) is 0. The molecule has 0 aliphatic rings. The monoisotopic (exact) mass is 321 g/mol. The van der Waals surface area contributed by atoms with Crippen LogP contribution in [0.4, 0.5) is 4.39 Å². The minimum Gasteiger partial charge on any atom is -0.318 e. The topological polar surface area (TPSA) is 43.1 Å². The molecule has 0 spiro atoms. The summed E-state index contributed by atoms with van der Waals surface area (Å²) in [5.74, 6) is -0.518. The van der Waals surface area contributed by atoms with Crippen molar-refractivity contribution in [1.82, 2.24) is 0 Å². The molecule has 98 valence electrons. The molecule has 0 heterocycles. The van der Waals surface area contributed by atoms with E-state index >= 15 is 0 Å². The zero-order valence-corrected chi connectivity index (χ0v) is 11.7. The average molecular weight is 322 g/mol. The molecule has 2 aromatic rings. The quantitative estimate of drug-likeness (QED) is 0.937. The number of nitrogens with two attached hydrogens (primary N) is 1. The van der Waals surface area contributed by atoms with Gasteiger partial charge in [-0.05, 0) is 33.1 Å². The Kier molecular flexibility index (Phi) is 4.45. The number of carbonyl (C=O) groups excluding carboxylic acids is 1. The lowest BCUT2D eigenvalue weighted by atomic mass is 9.98. The molecule has 2 rings (SSSR count). The normalized spacial score (nSPS) is 12.2. The summed E-state index contributed by atoms with van der Waals surface area (Å²) in [5.41, 5.74) is 7.29. The van der Waals surface area contributed by atoms with Crippen molar-refractivity contribution in [3.05, 3.63) is 69.9 Å². The Hall–Kier alpha value is -1.52. The molecular weight excluding hydrogens is 309 g/mol. The molecule has 0 radical (unpaired) electrons. The Morgan fingerprint density at radius 2 is 1.84 bits per heavy atom. The Bertz CT molecular complexity index is 586. The molecule has 1 unspecified atom stereocenters. The molecule has 0 saturated heterocycles. The third-order valence-electron chi connectivity index (χ3n) is 2.90. The van der Waals surface area contributed by atoms with Gasteiger partial charge in [0.05, 0.1) is 10.5 Å². The lowest BCUT2D eigenvalue weighted by Gasteiger charge is -2.11. The smallest absolute Gasteiger partial charge is 0.158 e. The van der Waals surface area contributed by atoms with Crippen molar-refractivity contribution >= 4 is 21.7 Å². The van der Waals surface area contributed by atoms with Crippen LogP contribution in [0.2, 0.25) is 0 Å². The Morgan fingerprint density at radius 3 is 2.53 bits per heavy atom. The predicted molar refractivity (Wildman–Crippen MR) is 76.2 cm³/mol. The number of benzene rings is 2. The SMILES string of the molecule is NC(C(=O)Cc1cccc(F)c1Br)c1ccccc1. The molecule has 0 aromatic heterocycles. The maximum atomic E-state index is 13.4. The fourth-order valence-electron chi connectivity index (χ4n) is 1.83. The number of Topliss-reactive ketones (excluding diaryl/α,β-unsaturated/α-hetero) is 1. The minimum absolute atomic E-state index is 0.106. The number of rotatable bonds is 4. The second kappa shape index (κ2) is 6.08. The third kappa shape index (κ3) is 3.28. The van der Waals surface area contributed by atoms with Gasteiger partial charge in [-0.2, -0.15) is 0 Å². The molecule has 0 aliphatic carbocycles. The first-order chi connectivity index (χ1) is 9.09. The Labute approximate surface area is 119 Å². The lowest BCUT2D eigenvalue weighted by Crippen LogP contribution is -2.23. The summed E-state index contributed by atoms with van der Waals surface area (Å²) < 4.78 is 13.7.